The fourth-order valence-electron chi connectivity index (χ4n) is 2.05. The van der Waals surface area contributed by atoms with Crippen molar-refractivity contribution in [1.82, 2.24) is 10.2 Å². The summed E-state index contributed by atoms with van der Waals surface area (Å²) in [6.07, 6.45) is 1.16. The SMILES string of the molecule is CC(O)(CNC(=O)N1CCCC1CO)CC(=O)O. The van der Waals surface area contributed by atoms with E-state index in [-0.39, 0.29) is 25.2 Å². The number of hydrogen-bond donors (Lipinski definition) is 4. The number of likely N-dealkylation sites (tertiary alicyclic amines) is 1. The summed E-state index contributed by atoms with van der Waals surface area (Å²) in [5.41, 5.74) is -1.48. The van der Waals surface area contributed by atoms with Crippen LogP contribution in [0.25, 0.3) is 0 Å². The molecule has 104 valence electrons. The van der Waals surface area contributed by atoms with Gasteiger partial charge in [-0.1, -0.05) is 0 Å². The van der Waals surface area contributed by atoms with Crippen LogP contribution < -0.4 is 5.32 Å². The number of carboxylic acids is 1. The van der Waals surface area contributed by atoms with Gasteiger partial charge in [-0.3, -0.25) is 4.79 Å². The number of nitrogens with one attached hydrogen (secondary N) is 1. The van der Waals surface area contributed by atoms with E-state index in [1.807, 2.05) is 0 Å². The Morgan fingerprint density at radius 2 is 2.17 bits per heavy atom. The molecular formula is C11H20N2O5. The minimum absolute atomic E-state index is 0.0844. The van der Waals surface area contributed by atoms with E-state index < -0.39 is 18.0 Å². The minimum atomic E-state index is -1.48. The molecule has 0 saturated carbocycles. The minimum Gasteiger partial charge on any atom is -0.481 e. The van der Waals surface area contributed by atoms with Gasteiger partial charge in [0.15, 0.2) is 0 Å². The van der Waals surface area contributed by atoms with Crippen LogP contribution in [-0.4, -0.2) is 63.6 Å². The molecule has 18 heavy (non-hydrogen) atoms. The summed E-state index contributed by atoms with van der Waals surface area (Å²) in [6.45, 7) is 1.71. The zero-order chi connectivity index (χ0) is 13.8. The molecule has 2 atom stereocenters. The molecule has 0 aromatic carbocycles. The molecule has 1 fully saturated rings. The summed E-state index contributed by atoms with van der Waals surface area (Å²) in [4.78, 5) is 23.8. The van der Waals surface area contributed by atoms with Crippen molar-refractivity contribution in [2.45, 2.75) is 37.8 Å². The maximum atomic E-state index is 11.8. The molecule has 7 nitrogen and oxygen atoms in total. The van der Waals surface area contributed by atoms with Crippen LogP contribution in [0, 0.1) is 0 Å². The quantitative estimate of drug-likeness (QED) is 0.526. The Labute approximate surface area is 105 Å². The Morgan fingerprint density at radius 1 is 1.50 bits per heavy atom. The molecule has 0 aromatic heterocycles. The van der Waals surface area contributed by atoms with Crippen molar-refractivity contribution in [3.8, 4) is 0 Å². The van der Waals surface area contributed by atoms with Gasteiger partial charge in [0.25, 0.3) is 0 Å². The second kappa shape index (κ2) is 6.01. The fourth-order valence-corrected chi connectivity index (χ4v) is 2.05. The first kappa shape index (κ1) is 14.7. The molecule has 0 aromatic rings. The van der Waals surface area contributed by atoms with Gasteiger partial charge < -0.3 is 25.5 Å². The molecule has 1 saturated heterocycles. The number of amides is 2. The molecule has 2 unspecified atom stereocenters. The molecule has 1 aliphatic rings. The standard InChI is InChI=1S/C11H20N2O5/c1-11(18,5-9(15)16)7-12-10(17)13-4-2-3-8(13)6-14/h8,14,18H,2-7H2,1H3,(H,12,17)(H,15,16). The van der Waals surface area contributed by atoms with Crippen molar-refractivity contribution in [2.75, 3.05) is 19.7 Å². The third-order valence-electron chi connectivity index (χ3n) is 3.00. The van der Waals surface area contributed by atoms with E-state index in [9.17, 15) is 14.7 Å². The number of aliphatic hydroxyl groups excluding tert-OH is 1. The van der Waals surface area contributed by atoms with Crippen LogP contribution in [-0.2, 0) is 4.79 Å². The summed E-state index contributed by atoms with van der Waals surface area (Å²) < 4.78 is 0. The Kier molecular flexibility index (Phi) is 4.92. The number of carbonyl (C=O) groups excluding carboxylic acids is 1. The van der Waals surface area contributed by atoms with Crippen molar-refractivity contribution in [1.29, 1.82) is 0 Å². The molecule has 7 heteroatoms. The van der Waals surface area contributed by atoms with Gasteiger partial charge in [-0.25, -0.2) is 4.79 Å². The Balaban J connectivity index is 2.43. The lowest BCUT2D eigenvalue weighted by Gasteiger charge is -2.27. The highest BCUT2D eigenvalue weighted by Gasteiger charge is 2.30. The molecule has 0 aliphatic carbocycles. The predicted octanol–water partition coefficient (Wildman–Crippen LogP) is -0.622. The highest BCUT2D eigenvalue weighted by atomic mass is 16.4. The van der Waals surface area contributed by atoms with Crippen LogP contribution in [0.3, 0.4) is 0 Å². The normalized spacial score (nSPS) is 22.6. The third-order valence-corrected chi connectivity index (χ3v) is 3.00. The second-order valence-electron chi connectivity index (χ2n) is 4.90. The average molecular weight is 260 g/mol. The van der Waals surface area contributed by atoms with E-state index in [1.54, 1.807) is 0 Å². The molecule has 0 radical (unpaired) electrons. The first-order chi connectivity index (χ1) is 8.35. The largest absolute Gasteiger partial charge is 0.481 e. The molecule has 4 N–H and O–H groups in total. The first-order valence-electron chi connectivity index (χ1n) is 5.95. The highest BCUT2D eigenvalue weighted by molar-refractivity contribution is 5.75. The smallest absolute Gasteiger partial charge is 0.317 e. The number of aliphatic hydroxyl groups is 2. The van der Waals surface area contributed by atoms with Gasteiger partial charge >= 0.3 is 12.0 Å². The number of carbonyl (C=O) groups is 2. The number of carboxylic acid groups (broad SMARTS) is 1. The van der Waals surface area contributed by atoms with E-state index in [0.717, 1.165) is 12.8 Å². The summed E-state index contributed by atoms with van der Waals surface area (Å²) >= 11 is 0. The number of aliphatic carboxylic acids is 1. The maximum Gasteiger partial charge on any atom is 0.317 e. The zero-order valence-electron chi connectivity index (χ0n) is 10.4. The zero-order valence-corrected chi connectivity index (χ0v) is 10.4. The number of rotatable bonds is 5. The highest BCUT2D eigenvalue weighted by Crippen LogP contribution is 2.16. The molecule has 2 amide bonds. The van der Waals surface area contributed by atoms with Crippen molar-refractivity contribution >= 4 is 12.0 Å². The third kappa shape index (κ3) is 4.15. The number of hydrogen-bond acceptors (Lipinski definition) is 4. The lowest BCUT2D eigenvalue weighted by molar-refractivity contribution is -0.141. The summed E-state index contributed by atoms with van der Waals surface area (Å²) in [6, 6.07) is -0.563. The lowest BCUT2D eigenvalue weighted by atomic mass is 10.0. The fraction of sp³-hybridized carbons (Fsp3) is 0.818. The Morgan fingerprint density at radius 3 is 2.72 bits per heavy atom. The maximum absolute atomic E-state index is 11.8. The van der Waals surface area contributed by atoms with Gasteiger partial charge in [0.05, 0.1) is 24.7 Å². The molecule has 1 rings (SSSR count). The number of urea groups is 1. The summed E-state index contributed by atoms with van der Waals surface area (Å²) in [7, 11) is 0. The molecule has 0 bridgehead atoms. The van der Waals surface area contributed by atoms with Crippen molar-refractivity contribution in [2.24, 2.45) is 0 Å². The van der Waals surface area contributed by atoms with E-state index in [1.165, 1.54) is 11.8 Å². The van der Waals surface area contributed by atoms with Crippen LogP contribution in [0.15, 0.2) is 0 Å². The van der Waals surface area contributed by atoms with E-state index in [4.69, 9.17) is 10.2 Å². The van der Waals surface area contributed by atoms with E-state index in [2.05, 4.69) is 5.32 Å². The monoisotopic (exact) mass is 260 g/mol. The van der Waals surface area contributed by atoms with Crippen molar-refractivity contribution in [3.63, 3.8) is 0 Å². The van der Waals surface area contributed by atoms with Crippen LogP contribution in [0.1, 0.15) is 26.2 Å². The summed E-state index contributed by atoms with van der Waals surface area (Å²) in [5.74, 6) is -1.12. The van der Waals surface area contributed by atoms with Gasteiger partial charge in [0, 0.05) is 13.1 Å². The average Bonchev–Trinajstić information content (AvgIpc) is 2.72. The molecule has 1 aliphatic heterocycles. The Hall–Kier alpha value is -1.34. The Bertz CT molecular complexity index is 319. The van der Waals surface area contributed by atoms with Gasteiger partial charge in [-0.2, -0.15) is 0 Å². The van der Waals surface area contributed by atoms with Gasteiger partial charge in [0.2, 0.25) is 0 Å². The van der Waals surface area contributed by atoms with Gasteiger partial charge in [0.1, 0.15) is 0 Å². The lowest BCUT2D eigenvalue weighted by Crippen LogP contribution is -2.49. The van der Waals surface area contributed by atoms with Crippen molar-refractivity contribution < 1.29 is 24.9 Å². The number of nitrogens with zero attached hydrogens (tertiary/aromatic N) is 1. The van der Waals surface area contributed by atoms with Gasteiger partial charge in [-0.05, 0) is 19.8 Å². The molecular weight excluding hydrogens is 240 g/mol. The molecule has 1 heterocycles. The second-order valence-corrected chi connectivity index (χ2v) is 4.90. The van der Waals surface area contributed by atoms with E-state index >= 15 is 0 Å². The van der Waals surface area contributed by atoms with Crippen LogP contribution in [0.2, 0.25) is 0 Å². The first-order valence-corrected chi connectivity index (χ1v) is 5.95. The van der Waals surface area contributed by atoms with Crippen molar-refractivity contribution in [3.05, 3.63) is 0 Å². The predicted molar refractivity (Wildman–Crippen MR) is 63.1 cm³/mol. The topological polar surface area (TPSA) is 110 Å². The van der Waals surface area contributed by atoms with Gasteiger partial charge in [-0.15, -0.1) is 0 Å². The summed E-state index contributed by atoms with van der Waals surface area (Å²) in [5, 5.41) is 29.9. The van der Waals surface area contributed by atoms with Crippen LogP contribution in [0.4, 0.5) is 4.79 Å². The van der Waals surface area contributed by atoms with E-state index in [0.29, 0.717) is 6.54 Å². The molecule has 0 spiro atoms. The van der Waals surface area contributed by atoms with Crippen LogP contribution in [0.5, 0.6) is 0 Å². The van der Waals surface area contributed by atoms with Crippen LogP contribution >= 0.6 is 0 Å².